The summed E-state index contributed by atoms with van der Waals surface area (Å²) >= 11 is 0. The zero-order valence-electron chi connectivity index (χ0n) is 18.6. The molecule has 0 saturated carbocycles. The number of amides is 2. The van der Waals surface area contributed by atoms with Crippen molar-refractivity contribution in [3.05, 3.63) is 59.9 Å². The number of nitrogens with one attached hydrogen (secondary N) is 1. The molecule has 1 N–H and O–H groups in total. The summed E-state index contributed by atoms with van der Waals surface area (Å²) in [5.41, 5.74) is 2.05. The molecule has 2 aliphatic rings. The number of ether oxygens (including phenoxy) is 2. The Morgan fingerprint density at radius 1 is 1.16 bits per heavy atom. The number of likely N-dealkylation sites (tertiary alicyclic amines) is 1. The highest BCUT2D eigenvalue weighted by atomic mass is 16.5. The molecule has 2 aliphatic heterocycles. The van der Waals surface area contributed by atoms with Gasteiger partial charge in [-0.05, 0) is 56.0 Å². The van der Waals surface area contributed by atoms with Crippen LogP contribution in [0.3, 0.4) is 0 Å². The minimum absolute atomic E-state index is 0.0218. The van der Waals surface area contributed by atoms with Crippen LogP contribution >= 0.6 is 0 Å². The average molecular weight is 438 g/mol. The van der Waals surface area contributed by atoms with Crippen molar-refractivity contribution in [3.63, 3.8) is 0 Å². The van der Waals surface area contributed by atoms with E-state index in [0.717, 1.165) is 30.4 Å². The quantitative estimate of drug-likeness (QED) is 0.719. The predicted octanol–water partition coefficient (Wildman–Crippen LogP) is 2.38. The molecule has 4 rings (SSSR count). The van der Waals surface area contributed by atoms with Gasteiger partial charge in [0, 0.05) is 50.7 Å². The molecule has 170 valence electrons. The molecule has 3 heterocycles. The van der Waals surface area contributed by atoms with E-state index in [0.29, 0.717) is 38.6 Å². The number of nitrogens with zero attached hydrogens (tertiary/aromatic N) is 2. The van der Waals surface area contributed by atoms with Crippen molar-refractivity contribution in [1.29, 1.82) is 0 Å². The van der Waals surface area contributed by atoms with Gasteiger partial charge in [-0.2, -0.15) is 0 Å². The zero-order chi connectivity index (χ0) is 22.4. The van der Waals surface area contributed by atoms with Gasteiger partial charge in [0.2, 0.25) is 5.91 Å². The van der Waals surface area contributed by atoms with Crippen molar-refractivity contribution < 1.29 is 19.1 Å². The summed E-state index contributed by atoms with van der Waals surface area (Å²) in [6.07, 6.45) is 5.85. The van der Waals surface area contributed by atoms with Gasteiger partial charge in [0.05, 0.1) is 5.92 Å². The number of carbonyl (C=O) groups is 2. The molecule has 0 aliphatic carbocycles. The van der Waals surface area contributed by atoms with E-state index in [9.17, 15) is 9.59 Å². The van der Waals surface area contributed by atoms with Crippen LogP contribution in [0.25, 0.3) is 0 Å². The van der Waals surface area contributed by atoms with E-state index in [1.807, 2.05) is 43.3 Å². The van der Waals surface area contributed by atoms with Crippen LogP contribution in [-0.4, -0.2) is 61.2 Å². The second kappa shape index (κ2) is 10.1. The Hall–Kier alpha value is -2.93. The SMILES string of the molecule is Cc1ccc(OCC(=O)N2CC(C(=O)NCCc3ccncc3)C3(CCOCC3)C2)cc1. The molecule has 2 amide bonds. The maximum Gasteiger partial charge on any atom is 0.260 e. The molecule has 7 heteroatoms. The minimum Gasteiger partial charge on any atom is -0.484 e. The highest BCUT2D eigenvalue weighted by Crippen LogP contribution is 2.44. The fraction of sp³-hybridized carbons (Fsp3) is 0.480. The Bertz CT molecular complexity index is 911. The van der Waals surface area contributed by atoms with E-state index < -0.39 is 0 Å². The molecule has 1 aromatic heterocycles. The third-order valence-electron chi connectivity index (χ3n) is 6.65. The molecular formula is C25H31N3O4. The molecule has 7 nitrogen and oxygen atoms in total. The lowest BCUT2D eigenvalue weighted by Gasteiger charge is -2.37. The molecule has 32 heavy (non-hydrogen) atoms. The first-order valence-corrected chi connectivity index (χ1v) is 11.3. The van der Waals surface area contributed by atoms with Gasteiger partial charge in [-0.1, -0.05) is 17.7 Å². The first-order chi connectivity index (χ1) is 15.6. The van der Waals surface area contributed by atoms with Crippen LogP contribution in [-0.2, 0) is 20.7 Å². The largest absolute Gasteiger partial charge is 0.484 e. The van der Waals surface area contributed by atoms with Crippen molar-refractivity contribution in [1.82, 2.24) is 15.2 Å². The lowest BCUT2D eigenvalue weighted by molar-refractivity contribution is -0.133. The van der Waals surface area contributed by atoms with Gasteiger partial charge in [0.1, 0.15) is 5.75 Å². The summed E-state index contributed by atoms with van der Waals surface area (Å²) in [5.74, 6) is 0.390. The maximum atomic E-state index is 13.2. The van der Waals surface area contributed by atoms with Crippen LogP contribution in [0.4, 0.5) is 0 Å². The summed E-state index contributed by atoms with van der Waals surface area (Å²) < 4.78 is 11.3. The first-order valence-electron chi connectivity index (χ1n) is 11.3. The molecule has 2 fully saturated rings. The van der Waals surface area contributed by atoms with Crippen LogP contribution in [0.5, 0.6) is 5.75 Å². The molecule has 1 atom stereocenters. The number of aryl methyl sites for hydroxylation is 1. The summed E-state index contributed by atoms with van der Waals surface area (Å²) in [6.45, 7) is 4.81. The fourth-order valence-electron chi connectivity index (χ4n) is 4.68. The van der Waals surface area contributed by atoms with Crippen LogP contribution in [0, 0.1) is 18.3 Å². The Kier molecular flexibility index (Phi) is 7.05. The molecular weight excluding hydrogens is 406 g/mol. The van der Waals surface area contributed by atoms with Gasteiger partial charge in [0.15, 0.2) is 6.61 Å². The average Bonchev–Trinajstić information content (AvgIpc) is 3.18. The van der Waals surface area contributed by atoms with Gasteiger partial charge in [0.25, 0.3) is 5.91 Å². The van der Waals surface area contributed by atoms with Crippen molar-refractivity contribution in [3.8, 4) is 5.75 Å². The highest BCUT2D eigenvalue weighted by Gasteiger charge is 2.51. The summed E-state index contributed by atoms with van der Waals surface area (Å²) in [4.78, 5) is 31.9. The first kappa shape index (κ1) is 22.3. The van der Waals surface area contributed by atoms with Crippen molar-refractivity contribution in [2.45, 2.75) is 26.2 Å². The van der Waals surface area contributed by atoms with E-state index in [1.165, 1.54) is 0 Å². The minimum atomic E-state index is -0.229. The summed E-state index contributed by atoms with van der Waals surface area (Å²) in [6, 6.07) is 11.6. The van der Waals surface area contributed by atoms with Gasteiger partial charge >= 0.3 is 0 Å². The number of hydrogen-bond acceptors (Lipinski definition) is 5. The molecule has 2 saturated heterocycles. The Labute approximate surface area is 189 Å². The van der Waals surface area contributed by atoms with Gasteiger partial charge in [-0.15, -0.1) is 0 Å². The Balaban J connectivity index is 1.36. The van der Waals surface area contributed by atoms with E-state index in [1.54, 1.807) is 17.3 Å². The van der Waals surface area contributed by atoms with Crippen molar-refractivity contribution >= 4 is 11.8 Å². The Morgan fingerprint density at radius 2 is 1.88 bits per heavy atom. The number of pyridine rings is 1. The second-order valence-electron chi connectivity index (χ2n) is 8.80. The van der Waals surface area contributed by atoms with E-state index in [4.69, 9.17) is 9.47 Å². The van der Waals surface area contributed by atoms with Crippen LogP contribution in [0.15, 0.2) is 48.8 Å². The number of rotatable bonds is 7. The number of aromatic nitrogens is 1. The van der Waals surface area contributed by atoms with E-state index >= 15 is 0 Å². The molecule has 2 aromatic rings. The second-order valence-corrected chi connectivity index (χ2v) is 8.80. The maximum absolute atomic E-state index is 13.2. The van der Waals surface area contributed by atoms with Gasteiger partial charge in [-0.3, -0.25) is 14.6 Å². The normalized spacial score (nSPS) is 19.7. The lowest BCUT2D eigenvalue weighted by atomic mass is 9.71. The topological polar surface area (TPSA) is 80.8 Å². The number of hydrogen-bond donors (Lipinski definition) is 1. The van der Waals surface area contributed by atoms with Crippen LogP contribution < -0.4 is 10.1 Å². The van der Waals surface area contributed by atoms with Gasteiger partial charge in [-0.25, -0.2) is 0 Å². The molecule has 1 spiro atoms. The van der Waals surface area contributed by atoms with E-state index in [-0.39, 0.29) is 29.8 Å². The fourth-order valence-corrected chi connectivity index (χ4v) is 4.68. The summed E-state index contributed by atoms with van der Waals surface area (Å²) in [5, 5.41) is 3.10. The predicted molar refractivity (Wildman–Crippen MR) is 120 cm³/mol. The molecule has 1 unspecified atom stereocenters. The lowest BCUT2D eigenvalue weighted by Crippen LogP contribution is -2.44. The monoisotopic (exact) mass is 437 g/mol. The van der Waals surface area contributed by atoms with Crippen molar-refractivity contribution in [2.75, 3.05) is 39.5 Å². The Morgan fingerprint density at radius 3 is 2.59 bits per heavy atom. The smallest absolute Gasteiger partial charge is 0.260 e. The summed E-state index contributed by atoms with van der Waals surface area (Å²) in [7, 11) is 0. The van der Waals surface area contributed by atoms with Gasteiger partial charge < -0.3 is 19.7 Å². The third kappa shape index (κ3) is 5.27. The van der Waals surface area contributed by atoms with Crippen LogP contribution in [0.1, 0.15) is 24.0 Å². The highest BCUT2D eigenvalue weighted by molar-refractivity contribution is 5.83. The number of benzene rings is 1. The standard InChI is InChI=1S/C25H31N3O4/c1-19-2-4-21(5-3-19)32-17-23(29)28-16-22(25(18-28)9-14-31-15-10-25)24(30)27-13-8-20-6-11-26-12-7-20/h2-7,11-12,22H,8-10,13-18H2,1H3,(H,27,30). The number of carbonyl (C=O) groups excluding carboxylic acids is 2. The molecule has 0 bridgehead atoms. The third-order valence-corrected chi connectivity index (χ3v) is 6.65. The zero-order valence-corrected chi connectivity index (χ0v) is 18.6. The van der Waals surface area contributed by atoms with Crippen LogP contribution in [0.2, 0.25) is 0 Å². The molecule has 1 aromatic carbocycles. The van der Waals surface area contributed by atoms with Crippen molar-refractivity contribution in [2.24, 2.45) is 11.3 Å². The molecule has 0 radical (unpaired) electrons. The van der Waals surface area contributed by atoms with E-state index in [2.05, 4.69) is 10.3 Å².